The summed E-state index contributed by atoms with van der Waals surface area (Å²) < 4.78 is 0. The van der Waals surface area contributed by atoms with E-state index in [-0.39, 0.29) is 0 Å². The third-order valence-corrected chi connectivity index (χ3v) is 4.58. The van der Waals surface area contributed by atoms with Gasteiger partial charge in [0.2, 0.25) is 0 Å². The van der Waals surface area contributed by atoms with E-state index >= 15 is 0 Å². The summed E-state index contributed by atoms with van der Waals surface area (Å²) in [7, 11) is 2.22. The molecule has 118 valence electrons. The maximum atomic E-state index is 3.79. The Labute approximate surface area is 130 Å². The number of hydrogen-bond acceptors (Lipinski definition) is 3. The van der Waals surface area contributed by atoms with E-state index in [2.05, 4.69) is 66.3 Å². The summed E-state index contributed by atoms with van der Waals surface area (Å²) in [5.74, 6) is 0. The summed E-state index contributed by atoms with van der Waals surface area (Å²) in [5, 5.41) is 3.79. The number of rotatable bonds is 7. The van der Waals surface area contributed by atoms with Gasteiger partial charge < -0.3 is 10.2 Å². The van der Waals surface area contributed by atoms with E-state index < -0.39 is 0 Å². The first-order valence-corrected chi connectivity index (χ1v) is 8.47. The van der Waals surface area contributed by atoms with Gasteiger partial charge in [0.05, 0.1) is 0 Å². The Morgan fingerprint density at radius 2 is 1.71 bits per heavy atom. The van der Waals surface area contributed by atoms with Gasteiger partial charge in [-0.05, 0) is 32.0 Å². The molecule has 0 amide bonds. The fourth-order valence-electron chi connectivity index (χ4n) is 3.29. The minimum atomic E-state index is 0.444. The Kier molecular flexibility index (Phi) is 6.68. The SMILES string of the molecule is CCCNC(c1ccccc1)C(CC)N1CCN(C)CC1. The average molecular weight is 289 g/mol. The van der Waals surface area contributed by atoms with Crippen LogP contribution in [0.2, 0.25) is 0 Å². The topological polar surface area (TPSA) is 18.5 Å². The molecule has 2 rings (SSSR count). The van der Waals surface area contributed by atoms with E-state index in [1.807, 2.05) is 0 Å². The van der Waals surface area contributed by atoms with Gasteiger partial charge in [0.1, 0.15) is 0 Å². The molecule has 1 heterocycles. The highest BCUT2D eigenvalue weighted by molar-refractivity contribution is 5.21. The van der Waals surface area contributed by atoms with E-state index in [4.69, 9.17) is 0 Å². The van der Waals surface area contributed by atoms with Gasteiger partial charge >= 0.3 is 0 Å². The number of hydrogen-bond donors (Lipinski definition) is 1. The molecule has 21 heavy (non-hydrogen) atoms. The van der Waals surface area contributed by atoms with Crippen LogP contribution in [-0.4, -0.2) is 55.6 Å². The summed E-state index contributed by atoms with van der Waals surface area (Å²) >= 11 is 0. The largest absolute Gasteiger partial charge is 0.309 e. The first-order valence-electron chi connectivity index (χ1n) is 8.47. The van der Waals surface area contributed by atoms with Crippen molar-refractivity contribution in [3.05, 3.63) is 35.9 Å². The number of benzene rings is 1. The zero-order chi connectivity index (χ0) is 15.1. The third kappa shape index (κ3) is 4.53. The molecule has 0 aliphatic carbocycles. The van der Waals surface area contributed by atoms with Gasteiger partial charge in [0, 0.05) is 38.3 Å². The van der Waals surface area contributed by atoms with Crippen LogP contribution in [0.3, 0.4) is 0 Å². The van der Waals surface area contributed by atoms with Crippen LogP contribution < -0.4 is 5.32 Å². The number of piperazine rings is 1. The van der Waals surface area contributed by atoms with Crippen LogP contribution in [0, 0.1) is 0 Å². The van der Waals surface area contributed by atoms with Gasteiger partial charge in [0.15, 0.2) is 0 Å². The first-order chi connectivity index (χ1) is 10.3. The lowest BCUT2D eigenvalue weighted by Gasteiger charge is -2.41. The van der Waals surface area contributed by atoms with Crippen LogP contribution in [0.25, 0.3) is 0 Å². The van der Waals surface area contributed by atoms with E-state index in [1.54, 1.807) is 0 Å². The smallest absolute Gasteiger partial charge is 0.0478 e. The molecule has 3 nitrogen and oxygen atoms in total. The average Bonchev–Trinajstić information content (AvgIpc) is 2.53. The first kappa shape index (κ1) is 16.5. The van der Waals surface area contributed by atoms with Gasteiger partial charge in [-0.1, -0.05) is 44.2 Å². The normalized spacial score (nSPS) is 20.3. The summed E-state index contributed by atoms with van der Waals surface area (Å²) in [4.78, 5) is 5.11. The Hall–Kier alpha value is -0.900. The Balaban J connectivity index is 2.12. The quantitative estimate of drug-likeness (QED) is 0.833. The van der Waals surface area contributed by atoms with Gasteiger partial charge in [0.25, 0.3) is 0 Å². The third-order valence-electron chi connectivity index (χ3n) is 4.58. The van der Waals surface area contributed by atoms with Gasteiger partial charge in [-0.3, -0.25) is 4.90 Å². The second-order valence-electron chi connectivity index (χ2n) is 6.16. The van der Waals surface area contributed by atoms with Crippen molar-refractivity contribution in [2.75, 3.05) is 39.8 Å². The molecule has 3 heteroatoms. The van der Waals surface area contributed by atoms with Crippen molar-refractivity contribution in [2.24, 2.45) is 0 Å². The molecule has 0 bridgehead atoms. The molecule has 2 unspecified atom stereocenters. The molecular formula is C18H31N3. The summed E-state index contributed by atoms with van der Waals surface area (Å²) in [6.45, 7) is 10.4. The van der Waals surface area contributed by atoms with E-state index in [1.165, 1.54) is 44.6 Å². The molecule has 1 aliphatic heterocycles. The van der Waals surface area contributed by atoms with Crippen LogP contribution in [0.15, 0.2) is 30.3 Å². The molecule has 0 spiro atoms. The second-order valence-corrected chi connectivity index (χ2v) is 6.16. The van der Waals surface area contributed by atoms with Crippen LogP contribution in [0.5, 0.6) is 0 Å². The number of nitrogens with one attached hydrogen (secondary N) is 1. The molecule has 1 aromatic carbocycles. The highest BCUT2D eigenvalue weighted by Crippen LogP contribution is 2.24. The second kappa shape index (κ2) is 8.52. The van der Waals surface area contributed by atoms with Crippen molar-refractivity contribution < 1.29 is 0 Å². The van der Waals surface area contributed by atoms with Crippen molar-refractivity contribution in [1.29, 1.82) is 0 Å². The Morgan fingerprint density at radius 1 is 1.05 bits per heavy atom. The fraction of sp³-hybridized carbons (Fsp3) is 0.667. The van der Waals surface area contributed by atoms with Gasteiger partial charge in [-0.25, -0.2) is 0 Å². The van der Waals surface area contributed by atoms with E-state index in [0.29, 0.717) is 12.1 Å². The van der Waals surface area contributed by atoms with Crippen LogP contribution in [-0.2, 0) is 0 Å². The van der Waals surface area contributed by atoms with Crippen molar-refractivity contribution >= 4 is 0 Å². The lowest BCUT2D eigenvalue weighted by atomic mass is 9.95. The maximum absolute atomic E-state index is 3.79. The molecule has 0 saturated carbocycles. The number of likely N-dealkylation sites (N-methyl/N-ethyl adjacent to an activating group) is 1. The molecule has 1 aliphatic rings. The molecule has 0 aromatic heterocycles. The van der Waals surface area contributed by atoms with Gasteiger partial charge in [-0.2, -0.15) is 0 Å². The molecule has 1 fully saturated rings. The predicted octanol–water partition coefficient (Wildman–Crippen LogP) is 2.75. The molecular weight excluding hydrogens is 258 g/mol. The van der Waals surface area contributed by atoms with Gasteiger partial charge in [-0.15, -0.1) is 0 Å². The van der Waals surface area contributed by atoms with Crippen LogP contribution >= 0.6 is 0 Å². The van der Waals surface area contributed by atoms with Crippen molar-refractivity contribution in [1.82, 2.24) is 15.1 Å². The summed E-state index contributed by atoms with van der Waals surface area (Å²) in [6, 6.07) is 12.0. The maximum Gasteiger partial charge on any atom is 0.0478 e. The fourth-order valence-corrected chi connectivity index (χ4v) is 3.29. The molecule has 1 aromatic rings. The molecule has 0 radical (unpaired) electrons. The summed E-state index contributed by atoms with van der Waals surface area (Å²) in [6.07, 6.45) is 2.38. The van der Waals surface area contributed by atoms with Crippen molar-refractivity contribution in [3.8, 4) is 0 Å². The summed E-state index contributed by atoms with van der Waals surface area (Å²) in [5.41, 5.74) is 1.43. The predicted molar refractivity (Wildman–Crippen MR) is 90.6 cm³/mol. The van der Waals surface area contributed by atoms with Crippen molar-refractivity contribution in [3.63, 3.8) is 0 Å². The number of nitrogens with zero attached hydrogens (tertiary/aromatic N) is 2. The van der Waals surface area contributed by atoms with Crippen LogP contribution in [0.4, 0.5) is 0 Å². The standard InChI is InChI=1S/C18H31N3/c1-4-11-19-18(16-9-7-6-8-10-16)17(5-2)21-14-12-20(3)13-15-21/h6-10,17-19H,4-5,11-15H2,1-3H3. The highest BCUT2D eigenvalue weighted by atomic mass is 15.3. The molecule has 1 N–H and O–H groups in total. The Morgan fingerprint density at radius 3 is 2.29 bits per heavy atom. The zero-order valence-electron chi connectivity index (χ0n) is 13.9. The van der Waals surface area contributed by atoms with Crippen LogP contribution in [0.1, 0.15) is 38.3 Å². The van der Waals surface area contributed by atoms with E-state index in [9.17, 15) is 0 Å². The lowest BCUT2D eigenvalue weighted by Crippen LogP contribution is -2.52. The Bertz CT molecular complexity index is 385. The highest BCUT2D eigenvalue weighted by Gasteiger charge is 2.28. The van der Waals surface area contributed by atoms with E-state index in [0.717, 1.165) is 6.54 Å². The van der Waals surface area contributed by atoms with Crippen molar-refractivity contribution in [2.45, 2.75) is 38.8 Å². The minimum absolute atomic E-state index is 0.444. The molecule has 2 atom stereocenters. The molecule has 1 saturated heterocycles. The zero-order valence-corrected chi connectivity index (χ0v) is 13.9. The minimum Gasteiger partial charge on any atom is -0.309 e. The lowest BCUT2D eigenvalue weighted by molar-refractivity contribution is 0.0877. The monoisotopic (exact) mass is 289 g/mol.